The summed E-state index contributed by atoms with van der Waals surface area (Å²) in [6, 6.07) is 11.3. The van der Waals surface area contributed by atoms with Gasteiger partial charge in [-0.15, -0.1) is 0 Å². The number of ether oxygens (including phenoxy) is 2. The highest BCUT2D eigenvalue weighted by Crippen LogP contribution is 2.35. The summed E-state index contributed by atoms with van der Waals surface area (Å²) < 4.78 is 10.7. The molecule has 3 fully saturated rings. The molecule has 2 atom stereocenters. The zero-order valence-corrected chi connectivity index (χ0v) is 12.7. The first kappa shape index (κ1) is 13.0. The van der Waals surface area contributed by atoms with E-state index in [-0.39, 0.29) is 0 Å². The van der Waals surface area contributed by atoms with Gasteiger partial charge >= 0.3 is 0 Å². The van der Waals surface area contributed by atoms with Crippen molar-refractivity contribution < 1.29 is 9.47 Å². The highest BCUT2D eigenvalue weighted by Gasteiger charge is 2.36. The molecule has 2 N–H and O–H groups in total. The molecule has 0 aliphatic carbocycles. The van der Waals surface area contributed by atoms with E-state index in [2.05, 4.69) is 26.6 Å². The lowest BCUT2D eigenvalue weighted by atomic mass is 9.91. The van der Waals surface area contributed by atoms with E-state index < -0.39 is 0 Å². The number of hydrogen-bond acceptors (Lipinski definition) is 6. The van der Waals surface area contributed by atoms with E-state index in [1.165, 1.54) is 12.1 Å². The van der Waals surface area contributed by atoms with E-state index in [1.54, 1.807) is 0 Å². The monoisotopic (exact) mass is 310 g/mol. The number of rotatable bonds is 3. The molecule has 0 radical (unpaired) electrons. The Hall–Kier alpha value is -2.47. The number of piperidine rings is 1. The average molecular weight is 310 g/mol. The van der Waals surface area contributed by atoms with E-state index in [9.17, 15) is 0 Å². The Balaban J connectivity index is 1.30. The largest absolute Gasteiger partial charge is 0.454 e. The van der Waals surface area contributed by atoms with Gasteiger partial charge in [-0.2, -0.15) is 0 Å². The Morgan fingerprint density at radius 2 is 1.91 bits per heavy atom. The maximum Gasteiger partial charge on any atom is 0.231 e. The molecule has 0 spiro atoms. The van der Waals surface area contributed by atoms with E-state index in [1.807, 2.05) is 30.5 Å². The SMILES string of the molecule is c1cc2c(cc1Nc1ccc(N3CC4CC(C3)N4)cn1)OCO2. The number of nitrogens with zero attached hydrogens (tertiary/aromatic N) is 2. The molecule has 118 valence electrons. The third-order valence-electron chi connectivity index (χ3n) is 4.68. The van der Waals surface area contributed by atoms with Crippen molar-refractivity contribution >= 4 is 17.2 Å². The number of pyridine rings is 1. The van der Waals surface area contributed by atoms with Crippen molar-refractivity contribution in [3.8, 4) is 11.5 Å². The van der Waals surface area contributed by atoms with Gasteiger partial charge in [-0.05, 0) is 30.7 Å². The summed E-state index contributed by atoms with van der Waals surface area (Å²) in [5.41, 5.74) is 2.13. The molecule has 4 aliphatic rings. The van der Waals surface area contributed by atoms with Gasteiger partial charge < -0.3 is 25.0 Å². The average Bonchev–Trinajstić information content (AvgIpc) is 3.03. The zero-order valence-electron chi connectivity index (χ0n) is 12.7. The summed E-state index contributed by atoms with van der Waals surface area (Å²) in [5, 5.41) is 6.85. The van der Waals surface area contributed by atoms with Gasteiger partial charge in [0.25, 0.3) is 0 Å². The molecule has 2 unspecified atom stereocenters. The van der Waals surface area contributed by atoms with Gasteiger partial charge in [-0.3, -0.25) is 0 Å². The van der Waals surface area contributed by atoms with Crippen LogP contribution in [0.1, 0.15) is 6.42 Å². The minimum absolute atomic E-state index is 0.290. The molecule has 2 aromatic rings. The fraction of sp³-hybridized carbons (Fsp3) is 0.353. The predicted octanol–water partition coefficient (Wildman–Crippen LogP) is 2.10. The zero-order chi connectivity index (χ0) is 15.2. The van der Waals surface area contributed by atoms with Crippen molar-refractivity contribution in [2.45, 2.75) is 18.5 Å². The molecular weight excluding hydrogens is 292 g/mol. The lowest BCUT2D eigenvalue weighted by Crippen LogP contribution is -2.67. The number of nitrogens with one attached hydrogen (secondary N) is 2. The maximum atomic E-state index is 5.39. The molecule has 0 saturated carbocycles. The Morgan fingerprint density at radius 3 is 2.70 bits per heavy atom. The maximum absolute atomic E-state index is 5.39. The number of benzene rings is 1. The fourth-order valence-corrected chi connectivity index (χ4v) is 3.49. The Bertz CT molecular complexity index is 718. The van der Waals surface area contributed by atoms with Gasteiger partial charge in [0.15, 0.2) is 11.5 Å². The lowest BCUT2D eigenvalue weighted by Gasteiger charge is -2.49. The molecule has 6 nitrogen and oxygen atoms in total. The van der Waals surface area contributed by atoms with Crippen LogP contribution < -0.4 is 25.0 Å². The van der Waals surface area contributed by atoms with Crippen molar-refractivity contribution in [3.63, 3.8) is 0 Å². The molecule has 2 bridgehead atoms. The second kappa shape index (κ2) is 5.03. The molecule has 0 amide bonds. The first-order chi connectivity index (χ1) is 11.3. The fourth-order valence-electron chi connectivity index (χ4n) is 3.49. The quantitative estimate of drug-likeness (QED) is 0.905. The summed E-state index contributed by atoms with van der Waals surface area (Å²) in [5.74, 6) is 2.38. The molecule has 23 heavy (non-hydrogen) atoms. The van der Waals surface area contributed by atoms with Crippen molar-refractivity contribution in [3.05, 3.63) is 36.5 Å². The van der Waals surface area contributed by atoms with Crippen LogP contribution >= 0.6 is 0 Å². The standard InChI is InChI=1S/C17H18N4O2/c1-3-15-16(23-10-22-15)6-11(1)20-17-4-2-14(7-18-17)21-8-12-5-13(9-21)19-12/h1-4,6-7,12-13,19H,5,8-10H2,(H,18,20). The first-order valence-electron chi connectivity index (χ1n) is 7.97. The second-order valence-electron chi connectivity index (χ2n) is 6.30. The summed E-state index contributed by atoms with van der Waals surface area (Å²) >= 11 is 0. The van der Waals surface area contributed by atoms with Gasteiger partial charge in [0, 0.05) is 36.9 Å². The van der Waals surface area contributed by atoms with Crippen molar-refractivity contribution in [1.29, 1.82) is 0 Å². The van der Waals surface area contributed by atoms with Gasteiger partial charge in [0.2, 0.25) is 6.79 Å². The highest BCUT2D eigenvalue weighted by atomic mass is 16.7. The van der Waals surface area contributed by atoms with Crippen LogP contribution in [0.3, 0.4) is 0 Å². The number of anilines is 3. The van der Waals surface area contributed by atoms with Gasteiger partial charge in [-0.25, -0.2) is 4.98 Å². The summed E-state index contributed by atoms with van der Waals surface area (Å²) in [7, 11) is 0. The Morgan fingerprint density at radius 1 is 1.09 bits per heavy atom. The third kappa shape index (κ3) is 2.35. The molecule has 1 aromatic carbocycles. The normalized spacial score (nSPS) is 24.3. The van der Waals surface area contributed by atoms with Crippen molar-refractivity contribution in [2.24, 2.45) is 0 Å². The molecule has 6 heteroatoms. The second-order valence-corrected chi connectivity index (χ2v) is 6.30. The molecule has 3 saturated heterocycles. The molecule has 6 rings (SSSR count). The number of fused-ring (bicyclic) bond motifs is 3. The Labute approximate surface area is 134 Å². The van der Waals surface area contributed by atoms with E-state index in [4.69, 9.17) is 9.47 Å². The molecule has 1 aromatic heterocycles. The molecule has 5 heterocycles. The van der Waals surface area contributed by atoms with Crippen LogP contribution in [0.25, 0.3) is 0 Å². The summed E-state index contributed by atoms with van der Waals surface area (Å²) in [4.78, 5) is 6.95. The van der Waals surface area contributed by atoms with Crippen LogP contribution in [-0.4, -0.2) is 37.0 Å². The van der Waals surface area contributed by atoms with E-state index >= 15 is 0 Å². The van der Waals surface area contributed by atoms with Gasteiger partial charge in [0.1, 0.15) is 5.82 Å². The van der Waals surface area contributed by atoms with Crippen LogP contribution in [0.2, 0.25) is 0 Å². The Kier molecular flexibility index (Phi) is 2.84. The first-order valence-corrected chi connectivity index (χ1v) is 7.97. The van der Waals surface area contributed by atoms with Gasteiger partial charge in [-0.1, -0.05) is 0 Å². The predicted molar refractivity (Wildman–Crippen MR) is 87.6 cm³/mol. The highest BCUT2D eigenvalue weighted by molar-refractivity contribution is 5.63. The topological polar surface area (TPSA) is 58.7 Å². The van der Waals surface area contributed by atoms with E-state index in [0.29, 0.717) is 18.9 Å². The van der Waals surface area contributed by atoms with Crippen molar-refractivity contribution in [1.82, 2.24) is 10.3 Å². The van der Waals surface area contributed by atoms with Crippen LogP contribution in [0.15, 0.2) is 36.5 Å². The summed E-state index contributed by atoms with van der Waals surface area (Å²) in [6.07, 6.45) is 3.26. The number of aromatic nitrogens is 1. The molecular formula is C17H18N4O2. The lowest BCUT2D eigenvalue weighted by molar-refractivity contribution is 0.174. The third-order valence-corrected chi connectivity index (χ3v) is 4.68. The van der Waals surface area contributed by atoms with Crippen LogP contribution in [0, 0.1) is 0 Å². The van der Waals surface area contributed by atoms with Gasteiger partial charge in [0.05, 0.1) is 11.9 Å². The van der Waals surface area contributed by atoms with Crippen molar-refractivity contribution in [2.75, 3.05) is 30.1 Å². The minimum atomic E-state index is 0.290. The van der Waals surface area contributed by atoms with Crippen LogP contribution in [-0.2, 0) is 0 Å². The van der Waals surface area contributed by atoms with E-state index in [0.717, 1.165) is 36.1 Å². The van der Waals surface area contributed by atoms with Crippen LogP contribution in [0.4, 0.5) is 17.2 Å². The summed E-state index contributed by atoms with van der Waals surface area (Å²) in [6.45, 7) is 2.44. The minimum Gasteiger partial charge on any atom is -0.454 e. The molecule has 4 aliphatic heterocycles. The number of piperazine rings is 1. The smallest absolute Gasteiger partial charge is 0.231 e. The van der Waals surface area contributed by atoms with Crippen LogP contribution in [0.5, 0.6) is 11.5 Å². The number of hydrogen-bond donors (Lipinski definition) is 2.